The third kappa shape index (κ3) is 13.9. The molecule has 0 aromatic heterocycles. The Morgan fingerprint density at radius 1 is 1.64 bits per heavy atom. The Balaban J connectivity index is -0.000000320. The quantitative estimate of drug-likeness (QED) is 0.622. The van der Waals surface area contributed by atoms with Crippen molar-refractivity contribution in [1.82, 2.24) is 0 Å². The zero-order valence-corrected chi connectivity index (χ0v) is 11.3. The van der Waals surface area contributed by atoms with Crippen molar-refractivity contribution in [3.05, 3.63) is 0 Å². The van der Waals surface area contributed by atoms with E-state index in [1.165, 1.54) is 0 Å². The van der Waals surface area contributed by atoms with Crippen LogP contribution in [-0.2, 0) is 4.79 Å². The van der Waals surface area contributed by atoms with Gasteiger partial charge in [-0.1, -0.05) is 0 Å². The molecule has 52 valence electrons. The van der Waals surface area contributed by atoms with E-state index in [4.69, 9.17) is 10.4 Å². The van der Waals surface area contributed by atoms with Gasteiger partial charge >= 0.3 is 5.97 Å². The van der Waals surface area contributed by atoms with Crippen molar-refractivity contribution in [3.63, 3.8) is 0 Å². The number of hydrogen-bond acceptors (Lipinski definition) is 2. The Morgan fingerprint density at radius 3 is 2.36 bits per heavy atom. The Morgan fingerprint density at radius 2 is 2.09 bits per heavy atom. The first-order valence-corrected chi connectivity index (χ1v) is 2.78. The minimum Gasteiger partial charge on any atom is -0.481 e. The monoisotopic (exact) mass is 173 g/mol. The van der Waals surface area contributed by atoms with Crippen molar-refractivity contribution in [3.8, 4) is 6.07 Å². The van der Waals surface area contributed by atoms with Gasteiger partial charge in [0.15, 0.2) is 0 Å². The zero-order chi connectivity index (χ0) is 7.28. The fourth-order valence-corrected chi connectivity index (χ4v) is 0.405. The molecule has 0 spiro atoms. The summed E-state index contributed by atoms with van der Waals surface area (Å²) in [6.07, 6.45) is 0.542. The molecular weight excluding hydrogens is 164 g/mol. The largest absolute Gasteiger partial charge is 0.481 e. The molecule has 0 aliphatic rings. The normalized spacial score (nSPS) is 9.82. The van der Waals surface area contributed by atoms with Crippen LogP contribution in [0.1, 0.15) is 19.8 Å². The first-order valence-electron chi connectivity index (χ1n) is 2.78. The van der Waals surface area contributed by atoms with Crippen LogP contribution >= 0.6 is 0 Å². The van der Waals surface area contributed by atoms with E-state index in [9.17, 15) is 4.79 Å². The summed E-state index contributed by atoms with van der Waals surface area (Å²) in [4.78, 5) is 9.91. The molecule has 1 N–H and O–H groups in total. The molecule has 0 bridgehead atoms. The molecule has 2 radical (unpaired) electrons. The van der Waals surface area contributed by atoms with Crippen LogP contribution in [0.3, 0.4) is 0 Å². The molecule has 0 aliphatic carbocycles. The van der Waals surface area contributed by atoms with Crippen LogP contribution < -0.4 is 0 Å². The average molecular weight is 173 g/mol. The van der Waals surface area contributed by atoms with E-state index >= 15 is 0 Å². The van der Waals surface area contributed by atoms with E-state index < -0.39 is 5.97 Å². The third-order valence-electron chi connectivity index (χ3n) is 1.01. The number of nitrogens with zero attached hydrogens (tertiary/aromatic N) is 1. The van der Waals surface area contributed by atoms with Crippen LogP contribution in [0.5, 0.6) is 0 Å². The van der Waals surface area contributed by atoms with E-state index in [-0.39, 0.29) is 71.5 Å². The van der Waals surface area contributed by atoms with E-state index in [1.807, 2.05) is 6.07 Å². The molecule has 0 heterocycles. The van der Waals surface area contributed by atoms with Gasteiger partial charge in [0, 0.05) is 71.5 Å². The molecule has 0 aromatic carbocycles. The van der Waals surface area contributed by atoms with Crippen molar-refractivity contribution >= 4 is 65.1 Å². The van der Waals surface area contributed by atoms with Gasteiger partial charge in [-0.05, 0) is 13.3 Å². The van der Waals surface area contributed by atoms with Crippen LogP contribution in [0.25, 0.3) is 0 Å². The van der Waals surface area contributed by atoms with Crippen LogP contribution in [0.15, 0.2) is 0 Å². The number of aliphatic carboxylic acids is 1. The van der Waals surface area contributed by atoms with Gasteiger partial charge in [0.25, 0.3) is 0 Å². The maximum absolute atomic E-state index is 9.91. The second-order valence-electron chi connectivity index (χ2n) is 1.96. The van der Waals surface area contributed by atoms with Crippen LogP contribution in [0.2, 0.25) is 0 Å². The summed E-state index contributed by atoms with van der Waals surface area (Å²) in [5.41, 5.74) is 0. The molecule has 0 saturated carbocycles. The minimum atomic E-state index is -0.836. The van der Waals surface area contributed by atoms with Gasteiger partial charge in [-0.25, -0.2) is 0 Å². The number of carboxylic acid groups (broad SMARTS) is 1. The van der Waals surface area contributed by atoms with Gasteiger partial charge in [0.05, 0.1) is 6.07 Å². The number of carbonyl (C=O) groups is 1. The third-order valence-corrected chi connectivity index (χ3v) is 1.01. The number of hydrogen-bond donors (Lipinski definition) is 1. The molecule has 0 amide bonds. The predicted molar refractivity (Wildman–Crippen MR) is 43.2 cm³/mol. The minimum absolute atomic E-state index is 0. The molecule has 5 heteroatoms. The number of rotatable bonds is 3. The molecule has 0 fully saturated rings. The maximum atomic E-state index is 9.91. The summed E-state index contributed by atoms with van der Waals surface area (Å²) in [7, 11) is 0. The van der Waals surface area contributed by atoms with Gasteiger partial charge in [-0.3, -0.25) is 4.79 Å². The van der Waals surface area contributed by atoms with Crippen LogP contribution in [-0.4, -0.2) is 70.2 Å². The molecule has 0 aliphatic heterocycles. The van der Waals surface area contributed by atoms with E-state index in [1.54, 1.807) is 6.92 Å². The molecule has 0 rings (SSSR count). The second-order valence-corrected chi connectivity index (χ2v) is 1.96. The standard InChI is InChI=1S/C6H9NO2.2Na/c1-5(4-7)2-3-6(8)9;;/h5H,2-3H2,1H3,(H,8,9);;. The van der Waals surface area contributed by atoms with Gasteiger partial charge in [-0.15, -0.1) is 0 Å². The summed E-state index contributed by atoms with van der Waals surface area (Å²) in [6.45, 7) is 1.71. The molecule has 3 nitrogen and oxygen atoms in total. The fourth-order valence-electron chi connectivity index (χ4n) is 0.405. The first kappa shape index (κ1) is 17.9. The van der Waals surface area contributed by atoms with Crippen molar-refractivity contribution in [2.75, 3.05) is 0 Å². The predicted octanol–water partition coefficient (Wildman–Crippen LogP) is 0.249. The summed E-state index contributed by atoms with van der Waals surface area (Å²) < 4.78 is 0. The van der Waals surface area contributed by atoms with Crippen molar-refractivity contribution in [2.24, 2.45) is 5.92 Å². The first-order chi connectivity index (χ1) is 4.16. The Labute approximate surface area is 111 Å². The summed E-state index contributed by atoms with van der Waals surface area (Å²) in [5, 5.41) is 16.4. The van der Waals surface area contributed by atoms with Gasteiger partial charge in [-0.2, -0.15) is 5.26 Å². The Kier molecular flexibility index (Phi) is 17.8. The second kappa shape index (κ2) is 11.0. The van der Waals surface area contributed by atoms with Crippen molar-refractivity contribution in [1.29, 1.82) is 5.26 Å². The molecule has 11 heavy (non-hydrogen) atoms. The Hall–Kier alpha value is 0.960. The molecule has 1 atom stereocenters. The van der Waals surface area contributed by atoms with Crippen LogP contribution in [0, 0.1) is 17.2 Å². The zero-order valence-electron chi connectivity index (χ0n) is 7.29. The number of nitriles is 1. The molecule has 0 saturated heterocycles. The van der Waals surface area contributed by atoms with Gasteiger partial charge in [0.1, 0.15) is 0 Å². The van der Waals surface area contributed by atoms with Crippen molar-refractivity contribution in [2.45, 2.75) is 19.8 Å². The summed E-state index contributed by atoms with van der Waals surface area (Å²) in [5.74, 6) is -0.974. The smallest absolute Gasteiger partial charge is 0.303 e. The van der Waals surface area contributed by atoms with E-state index in [0.29, 0.717) is 6.42 Å². The molecule has 0 aromatic rings. The van der Waals surface area contributed by atoms with Crippen molar-refractivity contribution < 1.29 is 9.90 Å². The summed E-state index contributed by atoms with van der Waals surface area (Å²) in [6, 6.07) is 1.96. The SMILES string of the molecule is CC(C#N)CCC(=O)O.[Na].[Na]. The number of carboxylic acids is 1. The molecular formula is C6H9NNa2O2. The molecule has 1 unspecified atom stereocenters. The topological polar surface area (TPSA) is 61.1 Å². The summed E-state index contributed by atoms with van der Waals surface area (Å²) >= 11 is 0. The fraction of sp³-hybridized carbons (Fsp3) is 0.667. The van der Waals surface area contributed by atoms with Crippen LogP contribution in [0.4, 0.5) is 0 Å². The van der Waals surface area contributed by atoms with Gasteiger partial charge in [0.2, 0.25) is 0 Å². The van der Waals surface area contributed by atoms with E-state index in [2.05, 4.69) is 0 Å². The average Bonchev–Trinajstić information content (AvgIpc) is 1.83. The maximum Gasteiger partial charge on any atom is 0.303 e. The Bertz CT molecular complexity index is 144. The van der Waals surface area contributed by atoms with Gasteiger partial charge < -0.3 is 5.11 Å². The van der Waals surface area contributed by atoms with E-state index in [0.717, 1.165) is 0 Å².